The second-order valence-corrected chi connectivity index (χ2v) is 4.00. The van der Waals surface area contributed by atoms with Crippen molar-refractivity contribution in [3.05, 3.63) is 22.4 Å². The van der Waals surface area contributed by atoms with Crippen molar-refractivity contribution in [2.75, 3.05) is 19.8 Å². The number of thiophene rings is 1. The zero-order valence-corrected chi connectivity index (χ0v) is 9.77. The monoisotopic (exact) mass is 213 g/mol. The lowest BCUT2D eigenvalue weighted by molar-refractivity contribution is 0.123. The van der Waals surface area contributed by atoms with E-state index in [1.807, 2.05) is 6.92 Å². The van der Waals surface area contributed by atoms with Crippen LogP contribution in [0.2, 0.25) is 0 Å². The average Bonchev–Trinajstić information content (AvgIpc) is 2.71. The summed E-state index contributed by atoms with van der Waals surface area (Å²) < 4.78 is 5.46. The van der Waals surface area contributed by atoms with Crippen molar-refractivity contribution in [1.82, 2.24) is 5.32 Å². The van der Waals surface area contributed by atoms with Crippen molar-refractivity contribution in [3.63, 3.8) is 0 Å². The Balaban J connectivity index is 2.44. The Morgan fingerprint density at radius 3 is 2.93 bits per heavy atom. The van der Waals surface area contributed by atoms with Crippen LogP contribution in [0.3, 0.4) is 0 Å². The van der Waals surface area contributed by atoms with Crippen molar-refractivity contribution in [3.8, 4) is 0 Å². The van der Waals surface area contributed by atoms with Gasteiger partial charge in [-0.3, -0.25) is 0 Å². The molecule has 1 rings (SSSR count). The van der Waals surface area contributed by atoms with Gasteiger partial charge in [0, 0.05) is 6.61 Å². The Morgan fingerprint density at radius 1 is 1.50 bits per heavy atom. The molecular weight excluding hydrogens is 194 g/mol. The Bertz CT molecular complexity index is 215. The Hall–Kier alpha value is -0.380. The molecule has 0 aliphatic heterocycles. The molecule has 3 heteroatoms. The standard InChI is InChI=1S/C11H19NOS/c1-3-6-12-11(8-13-4-2)10-5-7-14-9-10/h5,7,9,11-12H,3-4,6,8H2,1-2H3. The van der Waals surface area contributed by atoms with Crippen LogP contribution in [0.5, 0.6) is 0 Å². The minimum atomic E-state index is 0.362. The normalized spacial score (nSPS) is 13.0. The van der Waals surface area contributed by atoms with Gasteiger partial charge in [0.05, 0.1) is 12.6 Å². The van der Waals surface area contributed by atoms with E-state index in [1.54, 1.807) is 11.3 Å². The molecule has 1 unspecified atom stereocenters. The van der Waals surface area contributed by atoms with Crippen LogP contribution in [0, 0.1) is 0 Å². The van der Waals surface area contributed by atoms with E-state index in [-0.39, 0.29) is 0 Å². The van der Waals surface area contributed by atoms with Gasteiger partial charge in [0.25, 0.3) is 0 Å². The molecule has 1 N–H and O–H groups in total. The molecule has 1 heterocycles. The number of ether oxygens (including phenoxy) is 1. The molecule has 14 heavy (non-hydrogen) atoms. The predicted molar refractivity (Wildman–Crippen MR) is 61.8 cm³/mol. The Kier molecular flexibility index (Phi) is 5.83. The van der Waals surface area contributed by atoms with Crippen molar-refractivity contribution in [2.24, 2.45) is 0 Å². The van der Waals surface area contributed by atoms with Gasteiger partial charge < -0.3 is 10.1 Å². The summed E-state index contributed by atoms with van der Waals surface area (Å²) in [6, 6.07) is 2.53. The Labute approximate surface area is 90.3 Å². The fourth-order valence-electron chi connectivity index (χ4n) is 1.30. The van der Waals surface area contributed by atoms with Gasteiger partial charge in [-0.2, -0.15) is 11.3 Å². The van der Waals surface area contributed by atoms with E-state index in [1.165, 1.54) is 5.56 Å². The molecule has 1 atom stereocenters. The molecule has 0 spiro atoms. The SMILES string of the molecule is CCCNC(COCC)c1ccsc1. The molecule has 0 amide bonds. The first-order valence-electron chi connectivity index (χ1n) is 5.21. The lowest BCUT2D eigenvalue weighted by atomic mass is 10.1. The zero-order valence-electron chi connectivity index (χ0n) is 8.95. The topological polar surface area (TPSA) is 21.3 Å². The molecule has 0 aliphatic rings. The molecule has 80 valence electrons. The first-order valence-corrected chi connectivity index (χ1v) is 6.16. The highest BCUT2D eigenvalue weighted by Gasteiger charge is 2.10. The predicted octanol–water partition coefficient (Wildman–Crippen LogP) is 2.83. The van der Waals surface area contributed by atoms with Crippen molar-refractivity contribution < 1.29 is 4.74 Å². The van der Waals surface area contributed by atoms with Crippen LogP contribution >= 0.6 is 11.3 Å². The van der Waals surface area contributed by atoms with Gasteiger partial charge in [0.2, 0.25) is 0 Å². The number of nitrogens with one attached hydrogen (secondary N) is 1. The molecule has 0 radical (unpaired) electrons. The molecular formula is C11H19NOS. The lowest BCUT2D eigenvalue weighted by Crippen LogP contribution is -2.25. The summed E-state index contributed by atoms with van der Waals surface area (Å²) in [6.07, 6.45) is 1.16. The van der Waals surface area contributed by atoms with E-state index < -0.39 is 0 Å². The maximum Gasteiger partial charge on any atom is 0.0661 e. The van der Waals surface area contributed by atoms with E-state index in [0.29, 0.717) is 6.04 Å². The highest BCUT2D eigenvalue weighted by molar-refractivity contribution is 7.07. The smallest absolute Gasteiger partial charge is 0.0661 e. The van der Waals surface area contributed by atoms with Gasteiger partial charge in [-0.25, -0.2) is 0 Å². The van der Waals surface area contributed by atoms with Crippen LogP contribution in [0.15, 0.2) is 16.8 Å². The third-order valence-corrected chi connectivity index (χ3v) is 2.78. The van der Waals surface area contributed by atoms with E-state index >= 15 is 0 Å². The summed E-state index contributed by atoms with van der Waals surface area (Å²) in [5, 5.41) is 7.79. The summed E-state index contributed by atoms with van der Waals surface area (Å²) in [4.78, 5) is 0. The summed E-state index contributed by atoms with van der Waals surface area (Å²) in [5.41, 5.74) is 1.34. The van der Waals surface area contributed by atoms with Crippen molar-refractivity contribution >= 4 is 11.3 Å². The third kappa shape index (κ3) is 3.78. The van der Waals surface area contributed by atoms with Crippen LogP contribution in [0.4, 0.5) is 0 Å². The van der Waals surface area contributed by atoms with Crippen LogP contribution in [-0.4, -0.2) is 19.8 Å². The van der Waals surface area contributed by atoms with Crippen LogP contribution in [0.25, 0.3) is 0 Å². The number of rotatable bonds is 7. The van der Waals surface area contributed by atoms with E-state index in [9.17, 15) is 0 Å². The minimum Gasteiger partial charge on any atom is -0.380 e. The van der Waals surface area contributed by atoms with E-state index in [0.717, 1.165) is 26.2 Å². The highest BCUT2D eigenvalue weighted by Crippen LogP contribution is 2.16. The second-order valence-electron chi connectivity index (χ2n) is 3.22. The number of hydrogen-bond donors (Lipinski definition) is 1. The maximum atomic E-state index is 5.46. The first kappa shape index (κ1) is 11.7. The van der Waals surface area contributed by atoms with Gasteiger partial charge in [-0.1, -0.05) is 6.92 Å². The molecule has 0 saturated carbocycles. The van der Waals surface area contributed by atoms with Crippen molar-refractivity contribution in [2.45, 2.75) is 26.3 Å². The molecule has 0 aliphatic carbocycles. The Morgan fingerprint density at radius 2 is 2.36 bits per heavy atom. The maximum absolute atomic E-state index is 5.46. The van der Waals surface area contributed by atoms with Gasteiger partial charge >= 0.3 is 0 Å². The third-order valence-electron chi connectivity index (χ3n) is 2.07. The summed E-state index contributed by atoms with van der Waals surface area (Å²) in [5.74, 6) is 0. The van der Waals surface area contributed by atoms with Gasteiger partial charge in [0.15, 0.2) is 0 Å². The van der Waals surface area contributed by atoms with Crippen LogP contribution < -0.4 is 5.32 Å². The first-order chi connectivity index (χ1) is 6.88. The molecule has 0 aromatic carbocycles. The van der Waals surface area contributed by atoms with Crippen LogP contribution in [0.1, 0.15) is 31.9 Å². The highest BCUT2D eigenvalue weighted by atomic mass is 32.1. The average molecular weight is 213 g/mol. The summed E-state index contributed by atoms with van der Waals surface area (Å²) in [7, 11) is 0. The molecule has 0 saturated heterocycles. The molecule has 0 fully saturated rings. The zero-order chi connectivity index (χ0) is 10.2. The van der Waals surface area contributed by atoms with E-state index in [2.05, 4.69) is 29.1 Å². The van der Waals surface area contributed by atoms with Gasteiger partial charge in [-0.05, 0) is 42.3 Å². The summed E-state index contributed by atoms with van der Waals surface area (Å²) in [6.45, 7) is 6.82. The largest absolute Gasteiger partial charge is 0.380 e. The van der Waals surface area contributed by atoms with E-state index in [4.69, 9.17) is 4.74 Å². The fourth-order valence-corrected chi connectivity index (χ4v) is 2.01. The quantitative estimate of drug-likeness (QED) is 0.752. The molecule has 1 aromatic rings. The minimum absolute atomic E-state index is 0.362. The molecule has 1 aromatic heterocycles. The van der Waals surface area contributed by atoms with Crippen molar-refractivity contribution in [1.29, 1.82) is 0 Å². The lowest BCUT2D eigenvalue weighted by Gasteiger charge is -2.17. The molecule has 2 nitrogen and oxygen atoms in total. The fraction of sp³-hybridized carbons (Fsp3) is 0.636. The molecule has 0 bridgehead atoms. The van der Waals surface area contributed by atoms with Crippen LogP contribution in [-0.2, 0) is 4.74 Å². The van der Waals surface area contributed by atoms with Gasteiger partial charge in [-0.15, -0.1) is 0 Å². The number of hydrogen-bond acceptors (Lipinski definition) is 3. The second kappa shape index (κ2) is 6.98. The van der Waals surface area contributed by atoms with Gasteiger partial charge in [0.1, 0.15) is 0 Å². The summed E-state index contributed by atoms with van der Waals surface area (Å²) >= 11 is 1.74.